The van der Waals surface area contributed by atoms with Crippen molar-refractivity contribution < 1.29 is 14.3 Å². The molecule has 0 atom stereocenters. The van der Waals surface area contributed by atoms with Crippen molar-refractivity contribution in [3.63, 3.8) is 0 Å². The number of rotatable bonds is 8. The number of carbonyl (C=O) groups excluding carboxylic acids is 2. The molecule has 27 heavy (non-hydrogen) atoms. The van der Waals surface area contributed by atoms with Gasteiger partial charge in [0.25, 0.3) is 0 Å². The Morgan fingerprint density at radius 3 is 2.30 bits per heavy atom. The lowest BCUT2D eigenvalue weighted by molar-refractivity contribution is -0.124. The van der Waals surface area contributed by atoms with Crippen LogP contribution in [0.1, 0.15) is 25.3 Å². The van der Waals surface area contributed by atoms with Crippen LogP contribution in [-0.4, -0.2) is 24.6 Å². The number of carbonyl (C=O) groups is 2. The van der Waals surface area contributed by atoms with Gasteiger partial charge in [0.1, 0.15) is 5.75 Å². The van der Waals surface area contributed by atoms with Crippen LogP contribution < -0.4 is 15.5 Å². The van der Waals surface area contributed by atoms with Gasteiger partial charge in [-0.1, -0.05) is 29.3 Å². The molecular weight excluding hydrogens is 389 g/mol. The van der Waals surface area contributed by atoms with Crippen molar-refractivity contribution in [3.8, 4) is 5.75 Å². The van der Waals surface area contributed by atoms with Gasteiger partial charge in [-0.15, -0.1) is 0 Å². The predicted molar refractivity (Wildman–Crippen MR) is 108 cm³/mol. The topological polar surface area (TPSA) is 79.8 Å². The van der Waals surface area contributed by atoms with Crippen LogP contribution >= 0.6 is 23.2 Å². The lowest BCUT2D eigenvalue weighted by Crippen LogP contribution is -2.20. The molecule has 2 amide bonds. The van der Waals surface area contributed by atoms with Gasteiger partial charge < -0.3 is 10.1 Å². The van der Waals surface area contributed by atoms with Crippen molar-refractivity contribution in [2.75, 3.05) is 11.9 Å². The molecule has 0 bridgehead atoms. The minimum Gasteiger partial charge on any atom is -0.494 e. The van der Waals surface area contributed by atoms with Crippen LogP contribution in [0, 0.1) is 0 Å². The van der Waals surface area contributed by atoms with E-state index in [0.29, 0.717) is 27.9 Å². The summed E-state index contributed by atoms with van der Waals surface area (Å²) in [5, 5.41) is 7.38. The number of halogens is 2. The number of hydrogen-bond acceptors (Lipinski definition) is 4. The first-order valence-corrected chi connectivity index (χ1v) is 9.04. The highest BCUT2D eigenvalue weighted by Crippen LogP contribution is 2.22. The van der Waals surface area contributed by atoms with Crippen molar-refractivity contribution in [2.24, 2.45) is 5.10 Å². The normalized spacial score (nSPS) is 10.6. The van der Waals surface area contributed by atoms with E-state index < -0.39 is 5.91 Å². The van der Waals surface area contributed by atoms with E-state index in [9.17, 15) is 9.59 Å². The van der Waals surface area contributed by atoms with E-state index in [0.717, 1.165) is 5.75 Å². The molecule has 0 heterocycles. The molecule has 0 aliphatic carbocycles. The average molecular weight is 408 g/mol. The molecule has 0 aliphatic heterocycles. The molecule has 2 N–H and O–H groups in total. The Morgan fingerprint density at radius 2 is 1.67 bits per heavy atom. The molecule has 6 nitrogen and oxygen atoms in total. The van der Waals surface area contributed by atoms with Crippen molar-refractivity contribution >= 4 is 46.9 Å². The minimum atomic E-state index is -0.392. The second kappa shape index (κ2) is 10.5. The van der Waals surface area contributed by atoms with E-state index in [4.69, 9.17) is 27.9 Å². The summed E-state index contributed by atoms with van der Waals surface area (Å²) in [5.74, 6) is 0.0649. The first-order chi connectivity index (χ1) is 13.0. The first-order valence-electron chi connectivity index (χ1n) is 8.28. The molecule has 2 rings (SSSR count). The van der Waals surface area contributed by atoms with Gasteiger partial charge in [-0.25, -0.2) is 5.43 Å². The number of hydrazone groups is 1. The molecule has 0 spiro atoms. The first kappa shape index (κ1) is 20.7. The second-order valence-electron chi connectivity index (χ2n) is 5.43. The highest BCUT2D eigenvalue weighted by Gasteiger charge is 2.07. The second-order valence-corrected chi connectivity index (χ2v) is 6.25. The van der Waals surface area contributed by atoms with Crippen LogP contribution in [0.2, 0.25) is 10.0 Å². The molecule has 8 heteroatoms. The number of ether oxygens (including phenoxy) is 1. The maximum atomic E-state index is 11.9. The van der Waals surface area contributed by atoms with Gasteiger partial charge in [0.15, 0.2) is 0 Å². The lowest BCUT2D eigenvalue weighted by Gasteiger charge is -2.07. The fourth-order valence-corrected chi connectivity index (χ4v) is 2.61. The summed E-state index contributed by atoms with van der Waals surface area (Å²) in [6.07, 6.45) is 1.39. The Kier molecular flexibility index (Phi) is 8.10. The van der Waals surface area contributed by atoms with E-state index in [2.05, 4.69) is 15.8 Å². The third kappa shape index (κ3) is 6.92. The van der Waals surface area contributed by atoms with Gasteiger partial charge >= 0.3 is 0 Å². The molecule has 2 aromatic rings. The molecule has 0 fully saturated rings. The maximum Gasteiger partial charge on any atom is 0.240 e. The van der Waals surface area contributed by atoms with Crippen LogP contribution in [0.4, 0.5) is 5.69 Å². The average Bonchev–Trinajstić information content (AvgIpc) is 2.64. The molecule has 142 valence electrons. The van der Waals surface area contributed by atoms with Crippen molar-refractivity contribution in [1.82, 2.24) is 5.43 Å². The summed E-state index contributed by atoms with van der Waals surface area (Å²) in [4.78, 5) is 23.7. The number of nitrogens with one attached hydrogen (secondary N) is 2. The Morgan fingerprint density at radius 1 is 1.04 bits per heavy atom. The van der Waals surface area contributed by atoms with Gasteiger partial charge in [-0.3, -0.25) is 9.59 Å². The van der Waals surface area contributed by atoms with E-state index in [1.165, 1.54) is 6.21 Å². The minimum absolute atomic E-state index is 0.00352. The lowest BCUT2D eigenvalue weighted by atomic mass is 10.2. The number of anilines is 1. The molecule has 0 aliphatic rings. The van der Waals surface area contributed by atoms with Gasteiger partial charge in [0, 0.05) is 24.1 Å². The number of amides is 2. The summed E-state index contributed by atoms with van der Waals surface area (Å²) < 4.78 is 5.33. The zero-order chi connectivity index (χ0) is 19.6. The van der Waals surface area contributed by atoms with Crippen molar-refractivity contribution in [2.45, 2.75) is 19.8 Å². The summed E-state index contributed by atoms with van der Waals surface area (Å²) in [6, 6.07) is 12.1. The Bertz CT molecular complexity index is 803. The number of benzene rings is 2. The van der Waals surface area contributed by atoms with Gasteiger partial charge in [0.05, 0.1) is 22.9 Å². The zero-order valence-electron chi connectivity index (χ0n) is 14.7. The Balaban J connectivity index is 1.76. The van der Waals surface area contributed by atoms with Crippen molar-refractivity contribution in [3.05, 3.63) is 58.1 Å². The van der Waals surface area contributed by atoms with Crippen LogP contribution in [0.3, 0.4) is 0 Å². The molecule has 0 saturated heterocycles. The fourth-order valence-electron chi connectivity index (χ4n) is 2.11. The third-order valence-electron chi connectivity index (χ3n) is 3.41. The maximum absolute atomic E-state index is 11.9. The van der Waals surface area contributed by atoms with Gasteiger partial charge in [-0.05, 0) is 43.3 Å². The van der Waals surface area contributed by atoms with Gasteiger partial charge in [-0.2, -0.15) is 5.10 Å². The highest BCUT2D eigenvalue weighted by molar-refractivity contribution is 6.38. The molecule has 0 aromatic heterocycles. The monoisotopic (exact) mass is 407 g/mol. The predicted octanol–water partition coefficient (Wildman–Crippen LogP) is 4.26. The number of hydrogen-bond donors (Lipinski definition) is 2. The SMILES string of the molecule is CCOc1ccc(NC(=O)CCC(=O)NN=Cc2c(Cl)cccc2Cl)cc1. The fraction of sp³-hybridized carbons (Fsp3) is 0.211. The number of nitrogens with zero attached hydrogens (tertiary/aromatic N) is 1. The quantitative estimate of drug-likeness (QED) is 0.506. The van der Waals surface area contributed by atoms with Crippen molar-refractivity contribution in [1.29, 1.82) is 0 Å². The molecule has 0 saturated carbocycles. The molecule has 0 radical (unpaired) electrons. The molecule has 0 unspecified atom stereocenters. The summed E-state index contributed by atoms with van der Waals surface area (Å²) >= 11 is 12.0. The van der Waals surface area contributed by atoms with Crippen LogP contribution in [-0.2, 0) is 9.59 Å². The highest BCUT2D eigenvalue weighted by atomic mass is 35.5. The van der Waals surface area contributed by atoms with Gasteiger partial charge in [0.2, 0.25) is 11.8 Å². The summed E-state index contributed by atoms with van der Waals surface area (Å²) in [5.41, 5.74) is 3.49. The van der Waals surface area contributed by atoms with E-state index in [1.807, 2.05) is 6.92 Å². The van der Waals surface area contributed by atoms with E-state index in [1.54, 1.807) is 42.5 Å². The Hall–Kier alpha value is -2.57. The van der Waals surface area contributed by atoms with E-state index >= 15 is 0 Å². The summed E-state index contributed by atoms with van der Waals surface area (Å²) in [7, 11) is 0. The largest absolute Gasteiger partial charge is 0.494 e. The van der Waals surface area contributed by atoms with Crippen LogP contribution in [0.5, 0.6) is 5.75 Å². The summed E-state index contributed by atoms with van der Waals surface area (Å²) in [6.45, 7) is 2.47. The zero-order valence-corrected chi connectivity index (χ0v) is 16.2. The molecular formula is C19H19Cl2N3O3. The third-order valence-corrected chi connectivity index (χ3v) is 4.07. The van der Waals surface area contributed by atoms with E-state index in [-0.39, 0.29) is 18.7 Å². The standard InChI is InChI=1S/C19H19Cl2N3O3/c1-2-27-14-8-6-13(7-9-14)23-18(25)10-11-19(26)24-22-12-15-16(20)4-3-5-17(15)21/h3-9,12H,2,10-11H2,1H3,(H,23,25)(H,24,26). The van der Waals surface area contributed by atoms with Crippen LogP contribution in [0.25, 0.3) is 0 Å². The molecule has 2 aromatic carbocycles. The Labute approximate surface area is 167 Å². The van der Waals surface area contributed by atoms with Crippen LogP contribution in [0.15, 0.2) is 47.6 Å². The smallest absolute Gasteiger partial charge is 0.240 e.